The zero-order chi connectivity index (χ0) is 12.3. The third-order valence-electron chi connectivity index (χ3n) is 3.12. The Balaban J connectivity index is 1.82. The van der Waals surface area contributed by atoms with E-state index in [1.165, 1.54) is 10.6 Å². The van der Waals surface area contributed by atoms with Crippen molar-refractivity contribution in [3.05, 3.63) is 23.9 Å². The summed E-state index contributed by atoms with van der Waals surface area (Å²) in [5.41, 5.74) is 1.17. The van der Waals surface area contributed by atoms with Crippen LogP contribution in [0.4, 0.5) is 13.2 Å². The number of piperazine rings is 1. The fourth-order valence-electron chi connectivity index (χ4n) is 2.25. The van der Waals surface area contributed by atoms with Crippen LogP contribution >= 0.6 is 0 Å². The summed E-state index contributed by atoms with van der Waals surface area (Å²) in [5, 5.41) is 0. The number of hydrogen-bond acceptors (Lipinski definition) is 2. The van der Waals surface area contributed by atoms with Gasteiger partial charge in [-0.05, 0) is 18.9 Å². The minimum atomic E-state index is -4.08. The molecule has 5 heteroatoms. The van der Waals surface area contributed by atoms with Gasteiger partial charge in [-0.25, -0.2) is 0 Å². The lowest BCUT2D eigenvalue weighted by Crippen LogP contribution is -2.48. The molecule has 0 atom stereocenters. The van der Waals surface area contributed by atoms with Crippen LogP contribution in [0.2, 0.25) is 0 Å². The molecule has 0 aromatic rings. The Morgan fingerprint density at radius 1 is 1.06 bits per heavy atom. The summed E-state index contributed by atoms with van der Waals surface area (Å²) in [6.45, 7) is 1.57. The van der Waals surface area contributed by atoms with E-state index in [0.717, 1.165) is 12.8 Å². The van der Waals surface area contributed by atoms with Gasteiger partial charge in [-0.15, -0.1) is 0 Å². The second-order valence-electron chi connectivity index (χ2n) is 4.49. The van der Waals surface area contributed by atoms with E-state index in [9.17, 15) is 13.2 Å². The first-order valence-corrected chi connectivity index (χ1v) is 5.95. The lowest BCUT2D eigenvalue weighted by Gasteiger charge is -2.37. The number of rotatable bonds is 2. The second-order valence-corrected chi connectivity index (χ2v) is 4.49. The molecule has 0 spiro atoms. The molecule has 2 aliphatic rings. The zero-order valence-electron chi connectivity index (χ0n) is 9.71. The van der Waals surface area contributed by atoms with E-state index in [4.69, 9.17) is 0 Å². The van der Waals surface area contributed by atoms with Crippen LogP contribution in [0.5, 0.6) is 0 Å². The maximum atomic E-state index is 12.2. The smallest absolute Gasteiger partial charge is 0.369 e. The Hall–Kier alpha value is -0.970. The average Bonchev–Trinajstić information content (AvgIpc) is 2.29. The van der Waals surface area contributed by atoms with Gasteiger partial charge in [0.05, 0.1) is 6.54 Å². The number of nitrogens with zero attached hydrogens (tertiary/aromatic N) is 2. The Labute approximate surface area is 99.4 Å². The molecule has 0 saturated carbocycles. The van der Waals surface area contributed by atoms with Gasteiger partial charge in [0.2, 0.25) is 0 Å². The quantitative estimate of drug-likeness (QED) is 0.738. The van der Waals surface area contributed by atoms with Gasteiger partial charge in [-0.2, -0.15) is 13.2 Å². The monoisotopic (exact) mass is 246 g/mol. The highest BCUT2D eigenvalue weighted by molar-refractivity contribution is 5.21. The first kappa shape index (κ1) is 12.5. The molecule has 0 aromatic heterocycles. The zero-order valence-corrected chi connectivity index (χ0v) is 9.71. The van der Waals surface area contributed by atoms with Crippen LogP contribution in [0, 0.1) is 0 Å². The summed E-state index contributed by atoms with van der Waals surface area (Å²) in [4.78, 5) is 3.64. The molecule has 1 fully saturated rings. The Kier molecular flexibility index (Phi) is 3.76. The molecule has 0 unspecified atom stereocenters. The van der Waals surface area contributed by atoms with Gasteiger partial charge in [0.15, 0.2) is 0 Å². The fraction of sp³-hybridized carbons (Fsp3) is 0.667. The Bertz CT molecular complexity index is 312. The van der Waals surface area contributed by atoms with E-state index >= 15 is 0 Å². The second kappa shape index (κ2) is 5.12. The topological polar surface area (TPSA) is 6.48 Å². The van der Waals surface area contributed by atoms with E-state index in [1.807, 2.05) is 0 Å². The van der Waals surface area contributed by atoms with Gasteiger partial charge in [-0.3, -0.25) is 4.90 Å². The number of alkyl halides is 3. The van der Waals surface area contributed by atoms with Crippen LogP contribution in [0.1, 0.15) is 12.8 Å². The molecular formula is C12H17F3N2. The molecule has 0 bridgehead atoms. The van der Waals surface area contributed by atoms with Crippen LogP contribution in [-0.4, -0.2) is 48.7 Å². The summed E-state index contributed by atoms with van der Waals surface area (Å²) in [6, 6.07) is 0. The van der Waals surface area contributed by atoms with Crippen molar-refractivity contribution in [1.29, 1.82) is 0 Å². The first-order valence-electron chi connectivity index (χ1n) is 5.95. The molecule has 1 saturated heterocycles. The van der Waals surface area contributed by atoms with Crippen LogP contribution in [0.25, 0.3) is 0 Å². The van der Waals surface area contributed by atoms with Gasteiger partial charge in [0, 0.05) is 31.9 Å². The molecule has 0 aromatic carbocycles. The summed E-state index contributed by atoms with van der Waals surface area (Å²) >= 11 is 0. The summed E-state index contributed by atoms with van der Waals surface area (Å²) in [7, 11) is 0. The van der Waals surface area contributed by atoms with Gasteiger partial charge in [0.1, 0.15) is 0 Å². The molecule has 17 heavy (non-hydrogen) atoms. The number of allylic oxidation sites excluding steroid dienone is 3. The van der Waals surface area contributed by atoms with E-state index < -0.39 is 12.7 Å². The van der Waals surface area contributed by atoms with Gasteiger partial charge >= 0.3 is 6.18 Å². The number of hydrogen-bond donors (Lipinski definition) is 0. The Morgan fingerprint density at radius 2 is 1.76 bits per heavy atom. The van der Waals surface area contributed by atoms with E-state index in [-0.39, 0.29) is 0 Å². The normalized spacial score (nSPS) is 22.8. The van der Waals surface area contributed by atoms with Crippen molar-refractivity contribution in [1.82, 2.24) is 9.80 Å². The average molecular weight is 246 g/mol. The molecular weight excluding hydrogens is 229 g/mol. The highest BCUT2D eigenvalue weighted by Crippen LogP contribution is 2.20. The van der Waals surface area contributed by atoms with Crippen molar-refractivity contribution in [3.8, 4) is 0 Å². The van der Waals surface area contributed by atoms with Gasteiger partial charge < -0.3 is 4.90 Å². The third-order valence-corrected chi connectivity index (χ3v) is 3.12. The Morgan fingerprint density at radius 3 is 2.29 bits per heavy atom. The molecule has 1 aliphatic heterocycles. The molecule has 2 nitrogen and oxygen atoms in total. The minimum Gasteiger partial charge on any atom is -0.369 e. The molecule has 0 N–H and O–H groups in total. The van der Waals surface area contributed by atoms with Crippen molar-refractivity contribution in [3.63, 3.8) is 0 Å². The number of halogens is 3. The van der Waals surface area contributed by atoms with Crippen LogP contribution < -0.4 is 0 Å². The highest BCUT2D eigenvalue weighted by Gasteiger charge is 2.32. The van der Waals surface area contributed by atoms with E-state index in [0.29, 0.717) is 26.2 Å². The SMILES string of the molecule is FC(F)(F)CN1CCN(C2=CCCC=C2)CC1. The van der Waals surface area contributed by atoms with Crippen LogP contribution in [-0.2, 0) is 0 Å². The molecule has 0 radical (unpaired) electrons. The molecule has 1 aliphatic carbocycles. The predicted octanol–water partition coefficient (Wildman–Crippen LogP) is 2.40. The first-order chi connectivity index (χ1) is 8.04. The summed E-state index contributed by atoms with van der Waals surface area (Å²) < 4.78 is 36.6. The molecule has 2 rings (SSSR count). The van der Waals surface area contributed by atoms with Crippen molar-refractivity contribution in [2.24, 2.45) is 0 Å². The largest absolute Gasteiger partial charge is 0.401 e. The maximum absolute atomic E-state index is 12.2. The summed E-state index contributed by atoms with van der Waals surface area (Å²) in [5.74, 6) is 0. The third kappa shape index (κ3) is 3.77. The van der Waals surface area contributed by atoms with E-state index in [1.54, 1.807) is 0 Å². The standard InChI is InChI=1S/C12H17F3N2/c13-12(14,15)10-16-6-8-17(9-7-16)11-4-2-1-3-5-11/h2,4-5H,1,3,6-10H2. The molecule has 96 valence electrons. The fourth-order valence-corrected chi connectivity index (χ4v) is 2.25. The molecule has 1 heterocycles. The van der Waals surface area contributed by atoms with Gasteiger partial charge in [0.25, 0.3) is 0 Å². The van der Waals surface area contributed by atoms with Crippen molar-refractivity contribution >= 4 is 0 Å². The lowest BCUT2D eigenvalue weighted by atomic mass is 10.1. The highest BCUT2D eigenvalue weighted by atomic mass is 19.4. The van der Waals surface area contributed by atoms with Crippen LogP contribution in [0.15, 0.2) is 23.9 Å². The van der Waals surface area contributed by atoms with E-state index in [2.05, 4.69) is 23.1 Å². The van der Waals surface area contributed by atoms with Crippen LogP contribution in [0.3, 0.4) is 0 Å². The predicted molar refractivity (Wildman–Crippen MR) is 60.5 cm³/mol. The summed E-state index contributed by atoms with van der Waals surface area (Å²) in [6.07, 6.45) is 4.39. The van der Waals surface area contributed by atoms with Crippen molar-refractivity contribution in [2.75, 3.05) is 32.7 Å². The molecule has 0 amide bonds. The van der Waals surface area contributed by atoms with Crippen molar-refractivity contribution < 1.29 is 13.2 Å². The van der Waals surface area contributed by atoms with Crippen molar-refractivity contribution in [2.45, 2.75) is 19.0 Å². The minimum absolute atomic E-state index is 0.491. The van der Waals surface area contributed by atoms with Gasteiger partial charge in [-0.1, -0.05) is 12.2 Å². The maximum Gasteiger partial charge on any atom is 0.401 e. The lowest BCUT2D eigenvalue weighted by molar-refractivity contribution is -0.148.